The lowest BCUT2D eigenvalue weighted by Crippen LogP contribution is -2.05. The number of fused-ring (bicyclic) bond motifs is 1. The third kappa shape index (κ3) is 2.22. The van der Waals surface area contributed by atoms with Crippen molar-refractivity contribution in [2.24, 2.45) is 0 Å². The fourth-order valence-electron chi connectivity index (χ4n) is 2.97. The van der Waals surface area contributed by atoms with Crippen molar-refractivity contribution in [1.29, 1.82) is 0 Å². The summed E-state index contributed by atoms with van der Waals surface area (Å²) in [5, 5.41) is 13.3. The summed E-state index contributed by atoms with van der Waals surface area (Å²) in [4.78, 5) is 0. The Morgan fingerprint density at radius 3 is 2.12 bits per heavy atom. The van der Waals surface area contributed by atoms with Gasteiger partial charge in [-0.05, 0) is 12.0 Å². The minimum atomic E-state index is 0.374. The summed E-state index contributed by atoms with van der Waals surface area (Å²) < 4.78 is 1.82. The van der Waals surface area contributed by atoms with Crippen LogP contribution in [-0.2, 0) is 6.42 Å². The maximum absolute atomic E-state index is 6.12. The molecule has 2 heterocycles. The minimum Gasteiger partial charge on any atom is -0.380 e. The zero-order valence-electron chi connectivity index (χ0n) is 13.3. The van der Waals surface area contributed by atoms with Gasteiger partial charge in [-0.2, -0.15) is 5.10 Å². The Bertz CT molecular complexity index is 991. The number of benzene rings is 2. The molecule has 0 aliphatic rings. The van der Waals surface area contributed by atoms with Crippen LogP contribution in [0.5, 0.6) is 0 Å². The fraction of sp³-hybridized carbons (Fsp3) is 0.105. The van der Waals surface area contributed by atoms with Gasteiger partial charge in [0, 0.05) is 5.56 Å². The third-order valence-electron chi connectivity index (χ3n) is 4.08. The standard InChI is InChI=1S/C19H17N5/c1-2-15-16(13-9-5-3-6-10-13)19-22-21-18(20)17(24(19)23-15)14-11-7-4-8-12-14/h3-12H,2,20H2,1H3. The van der Waals surface area contributed by atoms with E-state index in [-0.39, 0.29) is 0 Å². The van der Waals surface area contributed by atoms with Gasteiger partial charge in [0.25, 0.3) is 0 Å². The lowest BCUT2D eigenvalue weighted by Gasteiger charge is -2.07. The minimum absolute atomic E-state index is 0.374. The summed E-state index contributed by atoms with van der Waals surface area (Å²) >= 11 is 0. The third-order valence-corrected chi connectivity index (χ3v) is 4.08. The number of aryl methyl sites for hydroxylation is 1. The van der Waals surface area contributed by atoms with Gasteiger partial charge in [-0.3, -0.25) is 0 Å². The highest BCUT2D eigenvalue weighted by atomic mass is 15.3. The highest BCUT2D eigenvalue weighted by molar-refractivity contribution is 5.83. The average Bonchev–Trinajstić information content (AvgIpc) is 3.01. The summed E-state index contributed by atoms with van der Waals surface area (Å²) in [6.45, 7) is 2.09. The van der Waals surface area contributed by atoms with Crippen molar-refractivity contribution in [3.05, 3.63) is 66.4 Å². The first-order chi connectivity index (χ1) is 11.8. The lowest BCUT2D eigenvalue weighted by atomic mass is 10.0. The fourth-order valence-corrected chi connectivity index (χ4v) is 2.97. The molecule has 2 aromatic carbocycles. The maximum atomic E-state index is 6.12. The first-order valence-corrected chi connectivity index (χ1v) is 7.94. The highest BCUT2D eigenvalue weighted by Crippen LogP contribution is 2.32. The van der Waals surface area contributed by atoms with E-state index in [1.807, 2.05) is 53.0 Å². The molecule has 0 atom stereocenters. The van der Waals surface area contributed by atoms with Crippen LogP contribution in [0.15, 0.2) is 60.7 Å². The summed E-state index contributed by atoms with van der Waals surface area (Å²) in [6, 6.07) is 20.1. The van der Waals surface area contributed by atoms with Gasteiger partial charge in [0.2, 0.25) is 0 Å². The van der Waals surface area contributed by atoms with Crippen LogP contribution in [0.1, 0.15) is 12.6 Å². The van der Waals surface area contributed by atoms with E-state index in [0.717, 1.165) is 40.1 Å². The Labute approximate surface area is 139 Å². The van der Waals surface area contributed by atoms with Crippen molar-refractivity contribution in [1.82, 2.24) is 19.8 Å². The molecular formula is C19H17N5. The molecule has 0 aliphatic heterocycles. The Kier molecular flexibility index (Phi) is 3.46. The van der Waals surface area contributed by atoms with Crippen LogP contribution in [0.3, 0.4) is 0 Å². The average molecular weight is 315 g/mol. The van der Waals surface area contributed by atoms with Crippen LogP contribution in [0.4, 0.5) is 5.82 Å². The number of nitrogens with two attached hydrogens (primary N) is 1. The first-order valence-electron chi connectivity index (χ1n) is 7.94. The monoisotopic (exact) mass is 315 g/mol. The van der Waals surface area contributed by atoms with E-state index >= 15 is 0 Å². The van der Waals surface area contributed by atoms with Crippen molar-refractivity contribution < 1.29 is 0 Å². The Morgan fingerprint density at radius 1 is 0.875 bits per heavy atom. The SMILES string of the molecule is CCc1nn2c(-c3ccccc3)c(N)nnc2c1-c1ccccc1. The molecule has 0 saturated carbocycles. The van der Waals surface area contributed by atoms with E-state index in [9.17, 15) is 0 Å². The number of hydrogen-bond donors (Lipinski definition) is 1. The van der Waals surface area contributed by atoms with Gasteiger partial charge in [-0.15, -0.1) is 10.2 Å². The molecule has 5 nitrogen and oxygen atoms in total. The Hall–Kier alpha value is -3.21. The van der Waals surface area contributed by atoms with Gasteiger partial charge < -0.3 is 5.73 Å². The van der Waals surface area contributed by atoms with E-state index in [1.54, 1.807) is 0 Å². The molecule has 0 aliphatic carbocycles. The summed E-state index contributed by atoms with van der Waals surface area (Å²) in [5.74, 6) is 0.374. The van der Waals surface area contributed by atoms with Crippen molar-refractivity contribution in [3.63, 3.8) is 0 Å². The van der Waals surface area contributed by atoms with Crippen LogP contribution in [0, 0.1) is 0 Å². The normalized spacial score (nSPS) is 11.0. The quantitative estimate of drug-likeness (QED) is 0.627. The second-order valence-electron chi connectivity index (χ2n) is 5.58. The van der Waals surface area contributed by atoms with Crippen LogP contribution < -0.4 is 5.73 Å². The molecule has 0 amide bonds. The molecule has 5 heteroatoms. The number of nitrogen functional groups attached to an aromatic ring is 1. The molecule has 118 valence electrons. The zero-order chi connectivity index (χ0) is 16.5. The first kappa shape index (κ1) is 14.4. The molecular weight excluding hydrogens is 298 g/mol. The predicted octanol–water partition coefficient (Wildman–Crippen LogP) is 3.60. The van der Waals surface area contributed by atoms with Crippen LogP contribution in [0.25, 0.3) is 28.0 Å². The Balaban J connectivity index is 2.07. The Morgan fingerprint density at radius 2 is 1.50 bits per heavy atom. The number of aromatic nitrogens is 4. The summed E-state index contributed by atoms with van der Waals surface area (Å²) in [6.07, 6.45) is 0.807. The molecule has 0 saturated heterocycles. The molecule has 0 bridgehead atoms. The molecule has 4 aromatic rings. The highest BCUT2D eigenvalue weighted by Gasteiger charge is 2.19. The second-order valence-corrected chi connectivity index (χ2v) is 5.58. The van der Waals surface area contributed by atoms with Gasteiger partial charge in [0.05, 0.1) is 11.3 Å². The number of anilines is 1. The smallest absolute Gasteiger partial charge is 0.186 e. The molecule has 2 N–H and O–H groups in total. The van der Waals surface area contributed by atoms with E-state index in [1.165, 1.54) is 0 Å². The lowest BCUT2D eigenvalue weighted by molar-refractivity contribution is 0.871. The second kappa shape index (κ2) is 5.77. The van der Waals surface area contributed by atoms with Crippen molar-refractivity contribution in [2.75, 3.05) is 5.73 Å². The summed E-state index contributed by atoms with van der Waals surface area (Å²) in [5.41, 5.74) is 11.7. The number of nitrogens with zero attached hydrogens (tertiary/aromatic N) is 4. The van der Waals surface area contributed by atoms with Crippen molar-refractivity contribution >= 4 is 11.5 Å². The van der Waals surface area contributed by atoms with Crippen molar-refractivity contribution in [3.8, 4) is 22.4 Å². The predicted molar refractivity (Wildman–Crippen MR) is 95.4 cm³/mol. The van der Waals surface area contributed by atoms with E-state index in [0.29, 0.717) is 5.82 Å². The van der Waals surface area contributed by atoms with Crippen LogP contribution >= 0.6 is 0 Å². The van der Waals surface area contributed by atoms with Gasteiger partial charge >= 0.3 is 0 Å². The zero-order valence-corrected chi connectivity index (χ0v) is 13.3. The van der Waals surface area contributed by atoms with Crippen LogP contribution in [-0.4, -0.2) is 19.8 Å². The molecule has 0 fully saturated rings. The maximum Gasteiger partial charge on any atom is 0.186 e. The van der Waals surface area contributed by atoms with Gasteiger partial charge in [-0.1, -0.05) is 67.6 Å². The van der Waals surface area contributed by atoms with Crippen LogP contribution in [0.2, 0.25) is 0 Å². The van der Waals surface area contributed by atoms with E-state index in [4.69, 9.17) is 10.8 Å². The molecule has 0 radical (unpaired) electrons. The van der Waals surface area contributed by atoms with Gasteiger partial charge in [0.1, 0.15) is 5.69 Å². The van der Waals surface area contributed by atoms with Gasteiger partial charge in [-0.25, -0.2) is 4.52 Å². The largest absolute Gasteiger partial charge is 0.380 e. The molecule has 24 heavy (non-hydrogen) atoms. The molecule has 4 rings (SSSR count). The van der Waals surface area contributed by atoms with Crippen molar-refractivity contribution in [2.45, 2.75) is 13.3 Å². The van der Waals surface area contributed by atoms with E-state index < -0.39 is 0 Å². The van der Waals surface area contributed by atoms with E-state index in [2.05, 4.69) is 29.3 Å². The topological polar surface area (TPSA) is 69.1 Å². The number of hydrogen-bond acceptors (Lipinski definition) is 4. The van der Waals surface area contributed by atoms with Gasteiger partial charge in [0.15, 0.2) is 11.5 Å². The molecule has 0 unspecified atom stereocenters. The molecule has 0 spiro atoms. The summed E-state index contributed by atoms with van der Waals surface area (Å²) in [7, 11) is 0. The molecule has 2 aromatic heterocycles. The number of rotatable bonds is 3.